The van der Waals surface area contributed by atoms with E-state index in [0.29, 0.717) is 24.1 Å². The molecular weight excluding hydrogens is 316 g/mol. The van der Waals surface area contributed by atoms with Gasteiger partial charge in [0, 0.05) is 17.3 Å². The summed E-state index contributed by atoms with van der Waals surface area (Å²) in [7, 11) is -3.08. The summed E-state index contributed by atoms with van der Waals surface area (Å²) in [5.41, 5.74) is 0.958. The van der Waals surface area contributed by atoms with Crippen molar-refractivity contribution >= 4 is 21.4 Å². The zero-order chi connectivity index (χ0) is 15.2. The molecule has 0 aromatic carbocycles. The van der Waals surface area contributed by atoms with Crippen molar-refractivity contribution in [2.24, 2.45) is 5.92 Å². The van der Waals surface area contributed by atoms with E-state index in [1.807, 2.05) is 0 Å². The molecular formula is C16H24N2O2S2. The normalized spacial score (nSPS) is 32.4. The second-order valence-corrected chi connectivity index (χ2v) is 10.0. The molecule has 0 N–H and O–H groups in total. The van der Waals surface area contributed by atoms with E-state index in [-0.39, 0.29) is 6.04 Å². The summed E-state index contributed by atoms with van der Waals surface area (Å²) >= 11 is 1.73. The third-order valence-electron chi connectivity index (χ3n) is 5.57. The number of aromatic nitrogens is 1. The van der Waals surface area contributed by atoms with Crippen molar-refractivity contribution in [3.8, 4) is 0 Å². The third kappa shape index (κ3) is 2.85. The molecule has 2 bridgehead atoms. The van der Waals surface area contributed by atoms with Gasteiger partial charge in [0.2, 0.25) is 10.0 Å². The SMILES string of the molecule is O=S1(=O)C[C@@H]2CC[C@@H](C2)N1Cc1csc(C2CCCCC2)n1. The molecule has 3 aliphatic rings. The highest BCUT2D eigenvalue weighted by Gasteiger charge is 2.43. The van der Waals surface area contributed by atoms with Gasteiger partial charge in [-0.1, -0.05) is 19.3 Å². The van der Waals surface area contributed by atoms with Crippen LogP contribution < -0.4 is 0 Å². The molecule has 4 rings (SSSR count). The lowest BCUT2D eigenvalue weighted by molar-refractivity contribution is 0.291. The Hall–Kier alpha value is -0.460. The number of hydrogen-bond donors (Lipinski definition) is 0. The monoisotopic (exact) mass is 340 g/mol. The van der Waals surface area contributed by atoms with Crippen LogP contribution in [0.3, 0.4) is 0 Å². The zero-order valence-corrected chi connectivity index (χ0v) is 14.5. The Balaban J connectivity index is 1.50. The van der Waals surface area contributed by atoms with E-state index < -0.39 is 10.0 Å². The summed E-state index contributed by atoms with van der Waals surface area (Å²) < 4.78 is 26.7. The predicted molar refractivity (Wildman–Crippen MR) is 88.4 cm³/mol. The van der Waals surface area contributed by atoms with Crippen LogP contribution >= 0.6 is 11.3 Å². The van der Waals surface area contributed by atoms with Crippen LogP contribution in [0, 0.1) is 5.92 Å². The zero-order valence-electron chi connectivity index (χ0n) is 12.9. The molecule has 3 fully saturated rings. The van der Waals surface area contributed by atoms with Gasteiger partial charge in [-0.15, -0.1) is 11.3 Å². The van der Waals surface area contributed by atoms with Crippen molar-refractivity contribution < 1.29 is 8.42 Å². The fraction of sp³-hybridized carbons (Fsp3) is 0.812. The Morgan fingerprint density at radius 1 is 1.18 bits per heavy atom. The Labute approximate surface area is 137 Å². The van der Waals surface area contributed by atoms with E-state index >= 15 is 0 Å². The molecule has 2 aliphatic carbocycles. The van der Waals surface area contributed by atoms with Gasteiger partial charge in [-0.05, 0) is 38.0 Å². The molecule has 1 aromatic rings. The van der Waals surface area contributed by atoms with Crippen LogP contribution in [0.5, 0.6) is 0 Å². The second-order valence-electron chi connectivity index (χ2n) is 7.17. The molecule has 1 aromatic heterocycles. The van der Waals surface area contributed by atoms with Crippen molar-refractivity contribution in [1.82, 2.24) is 9.29 Å². The molecule has 1 aliphatic heterocycles. The highest BCUT2D eigenvalue weighted by molar-refractivity contribution is 7.89. The molecule has 0 radical (unpaired) electrons. The van der Waals surface area contributed by atoms with Crippen LogP contribution in [-0.4, -0.2) is 29.5 Å². The van der Waals surface area contributed by atoms with E-state index in [9.17, 15) is 8.42 Å². The molecule has 2 atom stereocenters. The highest BCUT2D eigenvalue weighted by Crippen LogP contribution is 2.39. The Kier molecular flexibility index (Phi) is 4.03. The lowest BCUT2D eigenvalue weighted by Gasteiger charge is -2.31. The van der Waals surface area contributed by atoms with Crippen molar-refractivity contribution in [1.29, 1.82) is 0 Å². The molecule has 2 heterocycles. The van der Waals surface area contributed by atoms with Crippen LogP contribution in [-0.2, 0) is 16.6 Å². The number of thiazole rings is 1. The van der Waals surface area contributed by atoms with Crippen LogP contribution in [0.15, 0.2) is 5.38 Å². The first kappa shape index (κ1) is 15.1. The summed E-state index contributed by atoms with van der Waals surface area (Å²) in [5.74, 6) is 1.36. The summed E-state index contributed by atoms with van der Waals surface area (Å²) in [5, 5.41) is 3.31. The van der Waals surface area contributed by atoms with Gasteiger partial charge in [0.25, 0.3) is 0 Å². The number of hydrogen-bond acceptors (Lipinski definition) is 4. The topological polar surface area (TPSA) is 50.3 Å². The largest absolute Gasteiger partial charge is 0.245 e. The molecule has 22 heavy (non-hydrogen) atoms. The van der Waals surface area contributed by atoms with E-state index in [4.69, 9.17) is 4.98 Å². The smallest absolute Gasteiger partial charge is 0.214 e. The molecule has 0 amide bonds. The van der Waals surface area contributed by atoms with Gasteiger partial charge in [0.15, 0.2) is 0 Å². The van der Waals surface area contributed by atoms with Gasteiger partial charge < -0.3 is 0 Å². The molecule has 6 heteroatoms. The van der Waals surface area contributed by atoms with Crippen LogP contribution in [0.2, 0.25) is 0 Å². The first-order valence-corrected chi connectivity index (χ1v) is 11.0. The fourth-order valence-electron chi connectivity index (χ4n) is 4.40. The predicted octanol–water partition coefficient (Wildman–Crippen LogP) is 3.50. The van der Waals surface area contributed by atoms with Crippen molar-refractivity contribution in [2.45, 2.75) is 69.9 Å². The maximum atomic E-state index is 12.5. The van der Waals surface area contributed by atoms with Crippen molar-refractivity contribution in [3.05, 3.63) is 16.1 Å². The van der Waals surface area contributed by atoms with Gasteiger partial charge in [-0.2, -0.15) is 4.31 Å². The van der Waals surface area contributed by atoms with Gasteiger partial charge >= 0.3 is 0 Å². The van der Waals surface area contributed by atoms with Crippen LogP contribution in [0.4, 0.5) is 0 Å². The minimum Gasteiger partial charge on any atom is -0.245 e. The lowest BCUT2D eigenvalue weighted by atomic mass is 9.90. The highest BCUT2D eigenvalue weighted by atomic mass is 32.2. The molecule has 1 saturated heterocycles. The van der Waals surface area contributed by atoms with Gasteiger partial charge in [0.1, 0.15) is 0 Å². The summed E-state index contributed by atoms with van der Waals surface area (Å²) in [6.07, 6.45) is 9.63. The fourth-order valence-corrected chi connectivity index (χ4v) is 7.45. The first-order valence-electron chi connectivity index (χ1n) is 8.55. The molecule has 0 spiro atoms. The van der Waals surface area contributed by atoms with E-state index in [2.05, 4.69) is 5.38 Å². The quantitative estimate of drug-likeness (QED) is 0.846. The Morgan fingerprint density at radius 2 is 2.00 bits per heavy atom. The average Bonchev–Trinajstić information content (AvgIpc) is 3.12. The van der Waals surface area contributed by atoms with Crippen LogP contribution in [0.1, 0.15) is 68.0 Å². The third-order valence-corrected chi connectivity index (χ3v) is 8.66. The van der Waals surface area contributed by atoms with E-state index in [0.717, 1.165) is 25.0 Å². The second kappa shape index (κ2) is 5.87. The van der Waals surface area contributed by atoms with Crippen molar-refractivity contribution in [2.75, 3.05) is 5.75 Å². The first-order chi connectivity index (χ1) is 10.6. The number of sulfonamides is 1. The molecule has 4 nitrogen and oxygen atoms in total. The molecule has 0 unspecified atom stereocenters. The number of nitrogens with zero attached hydrogens (tertiary/aromatic N) is 2. The summed E-state index contributed by atoms with van der Waals surface area (Å²) in [4.78, 5) is 4.79. The minimum absolute atomic E-state index is 0.226. The van der Waals surface area contributed by atoms with Crippen LogP contribution in [0.25, 0.3) is 0 Å². The van der Waals surface area contributed by atoms with E-state index in [1.165, 1.54) is 37.1 Å². The Morgan fingerprint density at radius 3 is 2.82 bits per heavy atom. The Bertz CT molecular complexity index is 634. The van der Waals surface area contributed by atoms with Gasteiger partial charge in [0.05, 0.1) is 23.0 Å². The summed E-state index contributed by atoms with van der Waals surface area (Å²) in [6, 6.07) is 0.226. The molecule has 122 valence electrons. The summed E-state index contributed by atoms with van der Waals surface area (Å²) in [6.45, 7) is 0.489. The number of rotatable bonds is 3. The minimum atomic E-state index is -3.08. The van der Waals surface area contributed by atoms with Crippen molar-refractivity contribution in [3.63, 3.8) is 0 Å². The van der Waals surface area contributed by atoms with E-state index in [1.54, 1.807) is 15.6 Å². The molecule has 2 saturated carbocycles. The van der Waals surface area contributed by atoms with Gasteiger partial charge in [-0.3, -0.25) is 0 Å². The maximum absolute atomic E-state index is 12.5. The van der Waals surface area contributed by atoms with Gasteiger partial charge in [-0.25, -0.2) is 13.4 Å². The number of fused-ring (bicyclic) bond motifs is 2. The lowest BCUT2D eigenvalue weighted by Crippen LogP contribution is -2.44. The average molecular weight is 341 g/mol. The maximum Gasteiger partial charge on any atom is 0.214 e. The standard InChI is InChI=1S/C16H24N2O2S2/c19-22(20)11-12-6-7-15(8-12)18(22)9-14-10-21-16(17-14)13-4-2-1-3-5-13/h10,12-13,15H,1-9,11H2/t12-,15+/m1/s1.